The first-order valence-electron chi connectivity index (χ1n) is 8.97. The molecule has 122 valence electrons. The second-order valence-corrected chi connectivity index (χ2v) is 6.92. The number of hydrogen-bond acceptors (Lipinski definition) is 1. The highest BCUT2D eigenvalue weighted by Crippen LogP contribution is 2.37. The van der Waals surface area contributed by atoms with Gasteiger partial charge in [-0.15, -0.1) is 0 Å². The molecule has 0 spiro atoms. The fourth-order valence-electron chi connectivity index (χ4n) is 4.02. The van der Waals surface area contributed by atoms with Crippen molar-refractivity contribution in [3.8, 4) is 0 Å². The van der Waals surface area contributed by atoms with Crippen LogP contribution in [-0.4, -0.2) is 11.1 Å². The zero-order chi connectivity index (χ0) is 15.8. The van der Waals surface area contributed by atoms with Crippen LogP contribution in [0, 0.1) is 18.8 Å². The van der Waals surface area contributed by atoms with Crippen LogP contribution in [0.4, 0.5) is 0 Å². The van der Waals surface area contributed by atoms with Gasteiger partial charge in [-0.2, -0.15) is 0 Å². The van der Waals surface area contributed by atoms with E-state index in [1.54, 1.807) is 50.8 Å². The van der Waals surface area contributed by atoms with Crippen molar-refractivity contribution in [2.24, 2.45) is 11.8 Å². The van der Waals surface area contributed by atoms with Crippen molar-refractivity contribution >= 4 is 5.97 Å². The summed E-state index contributed by atoms with van der Waals surface area (Å²) in [5, 5.41) is 8.57. The van der Waals surface area contributed by atoms with Crippen LogP contribution in [0.1, 0.15) is 80.1 Å². The molecule has 2 aliphatic carbocycles. The van der Waals surface area contributed by atoms with Gasteiger partial charge in [0.15, 0.2) is 0 Å². The lowest BCUT2D eigenvalue weighted by molar-refractivity contribution is 0.0696. The van der Waals surface area contributed by atoms with Crippen LogP contribution in [0.3, 0.4) is 0 Å². The van der Waals surface area contributed by atoms with Gasteiger partial charge in [-0.3, -0.25) is 0 Å². The smallest absolute Gasteiger partial charge is 0.335 e. The molecule has 0 heterocycles. The summed E-state index contributed by atoms with van der Waals surface area (Å²) >= 11 is 0. The molecule has 0 aromatic heterocycles. The fourth-order valence-corrected chi connectivity index (χ4v) is 4.02. The summed E-state index contributed by atoms with van der Waals surface area (Å²) in [4.78, 5) is 10.4. The van der Waals surface area contributed by atoms with Gasteiger partial charge < -0.3 is 5.11 Å². The number of aryl methyl sites for hydroxylation is 1. The lowest BCUT2D eigenvalue weighted by atomic mass is 9.73. The molecule has 2 saturated carbocycles. The van der Waals surface area contributed by atoms with Crippen LogP contribution in [0.25, 0.3) is 0 Å². The molecule has 2 aliphatic rings. The maximum absolute atomic E-state index is 10.4. The zero-order valence-corrected chi connectivity index (χ0v) is 13.9. The largest absolute Gasteiger partial charge is 0.478 e. The molecule has 2 heteroatoms. The molecule has 2 nitrogen and oxygen atoms in total. The molecule has 1 aromatic rings. The number of carbonyl (C=O) groups is 1. The van der Waals surface area contributed by atoms with E-state index in [2.05, 4.69) is 0 Å². The third kappa shape index (κ3) is 5.15. The Bertz CT molecular complexity index is 439. The van der Waals surface area contributed by atoms with Gasteiger partial charge in [-0.05, 0) is 30.4 Å². The second kappa shape index (κ2) is 8.97. The predicted molar refractivity (Wildman–Crippen MR) is 91.3 cm³/mol. The van der Waals surface area contributed by atoms with Crippen molar-refractivity contribution in [3.63, 3.8) is 0 Å². The SMILES string of the molecule is C1CCC(C2CCCCC2)CC1.Cc1ccccc1C(=O)O. The molecule has 0 saturated heterocycles. The first-order chi connectivity index (χ1) is 10.7. The number of carboxylic acid groups (broad SMARTS) is 1. The second-order valence-electron chi connectivity index (χ2n) is 6.92. The molecule has 0 amide bonds. The topological polar surface area (TPSA) is 37.3 Å². The predicted octanol–water partition coefficient (Wildman–Crippen LogP) is 5.84. The average molecular weight is 302 g/mol. The summed E-state index contributed by atoms with van der Waals surface area (Å²) in [6.45, 7) is 1.78. The fraction of sp³-hybridized carbons (Fsp3) is 0.650. The number of rotatable bonds is 2. The van der Waals surface area contributed by atoms with E-state index in [4.69, 9.17) is 5.11 Å². The molecule has 0 atom stereocenters. The summed E-state index contributed by atoms with van der Waals surface area (Å²) in [5.41, 5.74) is 1.18. The zero-order valence-electron chi connectivity index (χ0n) is 13.9. The Morgan fingerprint density at radius 3 is 1.68 bits per heavy atom. The van der Waals surface area contributed by atoms with E-state index in [-0.39, 0.29) is 0 Å². The van der Waals surface area contributed by atoms with Crippen molar-refractivity contribution in [2.45, 2.75) is 71.1 Å². The van der Waals surface area contributed by atoms with Crippen molar-refractivity contribution in [2.75, 3.05) is 0 Å². The van der Waals surface area contributed by atoms with Gasteiger partial charge in [0, 0.05) is 0 Å². The highest BCUT2D eigenvalue weighted by atomic mass is 16.4. The minimum Gasteiger partial charge on any atom is -0.478 e. The Kier molecular flexibility index (Phi) is 6.95. The number of hydrogen-bond donors (Lipinski definition) is 1. The van der Waals surface area contributed by atoms with E-state index >= 15 is 0 Å². The average Bonchev–Trinajstić information content (AvgIpc) is 2.57. The summed E-state index contributed by atoms with van der Waals surface area (Å²) in [5.74, 6) is 1.41. The normalized spacial score (nSPS) is 20.0. The van der Waals surface area contributed by atoms with Gasteiger partial charge in [0.25, 0.3) is 0 Å². The monoisotopic (exact) mass is 302 g/mol. The van der Waals surface area contributed by atoms with Gasteiger partial charge in [-0.25, -0.2) is 4.79 Å². The van der Waals surface area contributed by atoms with E-state index in [0.29, 0.717) is 5.56 Å². The summed E-state index contributed by atoms with van der Waals surface area (Å²) in [6.07, 6.45) is 15.4. The number of carboxylic acids is 1. The van der Waals surface area contributed by atoms with Crippen molar-refractivity contribution in [1.82, 2.24) is 0 Å². The van der Waals surface area contributed by atoms with E-state index < -0.39 is 5.97 Å². The van der Waals surface area contributed by atoms with Gasteiger partial charge >= 0.3 is 5.97 Å². The maximum Gasteiger partial charge on any atom is 0.335 e. The molecule has 1 N–H and O–H groups in total. The minimum absolute atomic E-state index is 0.377. The van der Waals surface area contributed by atoms with E-state index in [9.17, 15) is 4.79 Å². The molecule has 0 bridgehead atoms. The van der Waals surface area contributed by atoms with Crippen LogP contribution in [-0.2, 0) is 0 Å². The van der Waals surface area contributed by atoms with Crippen molar-refractivity contribution in [3.05, 3.63) is 35.4 Å². The maximum atomic E-state index is 10.4. The standard InChI is InChI=1S/C12H22.C8H8O2/c1-3-7-11(8-4-1)12-9-5-2-6-10-12;1-6-4-2-3-5-7(6)8(9)10/h11-12H,1-10H2;2-5H,1H3,(H,9,10). The number of benzene rings is 1. The van der Waals surface area contributed by atoms with E-state index in [1.807, 2.05) is 6.07 Å². The summed E-state index contributed by atoms with van der Waals surface area (Å²) in [6, 6.07) is 6.92. The first kappa shape index (κ1) is 17.1. The molecular weight excluding hydrogens is 272 g/mol. The van der Waals surface area contributed by atoms with E-state index in [1.165, 1.54) is 38.5 Å². The van der Waals surface area contributed by atoms with Crippen LogP contribution in [0.15, 0.2) is 24.3 Å². The van der Waals surface area contributed by atoms with Gasteiger partial charge in [0.2, 0.25) is 0 Å². The third-order valence-electron chi connectivity index (χ3n) is 5.34. The van der Waals surface area contributed by atoms with Gasteiger partial charge in [-0.1, -0.05) is 82.4 Å². The van der Waals surface area contributed by atoms with Crippen LogP contribution in [0.5, 0.6) is 0 Å². The molecular formula is C20H30O2. The molecule has 22 heavy (non-hydrogen) atoms. The molecule has 0 radical (unpaired) electrons. The highest BCUT2D eigenvalue weighted by molar-refractivity contribution is 5.89. The summed E-state index contributed by atoms with van der Waals surface area (Å²) in [7, 11) is 0. The molecule has 0 unspecified atom stereocenters. The first-order valence-corrected chi connectivity index (χ1v) is 8.97. The Balaban J connectivity index is 0.000000164. The lowest BCUT2D eigenvalue weighted by Crippen LogP contribution is -2.20. The molecule has 1 aromatic carbocycles. The van der Waals surface area contributed by atoms with Gasteiger partial charge in [0.05, 0.1) is 5.56 Å². The van der Waals surface area contributed by atoms with E-state index in [0.717, 1.165) is 17.4 Å². The Morgan fingerprint density at radius 1 is 0.864 bits per heavy atom. The van der Waals surface area contributed by atoms with Crippen LogP contribution >= 0.6 is 0 Å². The van der Waals surface area contributed by atoms with Crippen LogP contribution < -0.4 is 0 Å². The van der Waals surface area contributed by atoms with Gasteiger partial charge in [0.1, 0.15) is 0 Å². The lowest BCUT2D eigenvalue weighted by Gasteiger charge is -2.32. The molecule has 3 rings (SSSR count). The number of aromatic carboxylic acids is 1. The highest BCUT2D eigenvalue weighted by Gasteiger charge is 2.24. The van der Waals surface area contributed by atoms with Crippen molar-refractivity contribution in [1.29, 1.82) is 0 Å². The van der Waals surface area contributed by atoms with Crippen LogP contribution in [0.2, 0.25) is 0 Å². The Morgan fingerprint density at radius 2 is 1.32 bits per heavy atom. The molecule has 0 aliphatic heterocycles. The Labute approximate surface area is 134 Å². The van der Waals surface area contributed by atoms with Crippen molar-refractivity contribution < 1.29 is 9.90 Å². The Hall–Kier alpha value is -1.31. The third-order valence-corrected chi connectivity index (χ3v) is 5.34. The minimum atomic E-state index is -0.863. The quantitative estimate of drug-likeness (QED) is 0.745. The summed E-state index contributed by atoms with van der Waals surface area (Å²) < 4.78 is 0. The molecule has 2 fully saturated rings.